The lowest BCUT2D eigenvalue weighted by Crippen LogP contribution is -2.38. The number of carbonyl (C=O) groups excluding carboxylic acids is 1. The van der Waals surface area contributed by atoms with Crippen molar-refractivity contribution < 1.29 is 4.79 Å². The van der Waals surface area contributed by atoms with Crippen LogP contribution in [0, 0.1) is 5.92 Å². The number of nitrogens with zero attached hydrogens (tertiary/aromatic N) is 2. The van der Waals surface area contributed by atoms with Crippen molar-refractivity contribution in [2.75, 3.05) is 13.1 Å². The summed E-state index contributed by atoms with van der Waals surface area (Å²) >= 11 is 1.46. The topological polar surface area (TPSA) is 59.2 Å². The molecule has 3 rings (SSSR count). The molecule has 2 aromatic rings. The van der Waals surface area contributed by atoms with E-state index in [9.17, 15) is 4.79 Å². The van der Waals surface area contributed by atoms with Crippen LogP contribution in [0.1, 0.15) is 40.3 Å². The molecule has 130 valence electrons. The van der Waals surface area contributed by atoms with Crippen LogP contribution in [0.25, 0.3) is 0 Å². The van der Waals surface area contributed by atoms with Crippen LogP contribution in [0.3, 0.4) is 0 Å². The maximum absolute atomic E-state index is 12.4. The predicted octanol–water partition coefficient (Wildman–Crippen LogP) is 3.51. The van der Waals surface area contributed by atoms with E-state index >= 15 is 0 Å². The second-order valence-electron chi connectivity index (χ2n) is 6.09. The van der Waals surface area contributed by atoms with E-state index in [4.69, 9.17) is 5.73 Å². The molecule has 1 aromatic carbocycles. The van der Waals surface area contributed by atoms with Gasteiger partial charge in [0.15, 0.2) is 0 Å². The van der Waals surface area contributed by atoms with Crippen molar-refractivity contribution in [2.24, 2.45) is 11.7 Å². The second-order valence-corrected chi connectivity index (χ2v) is 7.03. The van der Waals surface area contributed by atoms with Gasteiger partial charge >= 0.3 is 0 Å². The monoisotopic (exact) mass is 365 g/mol. The summed E-state index contributed by atoms with van der Waals surface area (Å²) in [7, 11) is 0. The lowest BCUT2D eigenvalue weighted by atomic mass is 9.90. The summed E-state index contributed by atoms with van der Waals surface area (Å²) in [6, 6.07) is 10.6. The average Bonchev–Trinajstić information content (AvgIpc) is 3.10. The van der Waals surface area contributed by atoms with Gasteiger partial charge < -0.3 is 10.6 Å². The van der Waals surface area contributed by atoms with E-state index in [0.717, 1.165) is 37.4 Å². The molecule has 0 atom stereocenters. The zero-order valence-corrected chi connectivity index (χ0v) is 15.3. The Bertz CT molecular complexity index is 639. The van der Waals surface area contributed by atoms with E-state index in [1.54, 1.807) is 0 Å². The molecule has 6 heteroatoms. The number of hydrogen-bond donors (Lipinski definition) is 1. The fourth-order valence-electron chi connectivity index (χ4n) is 3.11. The molecule has 0 aliphatic carbocycles. The van der Waals surface area contributed by atoms with E-state index < -0.39 is 0 Å². The number of benzene rings is 1. The number of thiazole rings is 1. The molecule has 4 nitrogen and oxygen atoms in total. The molecule has 1 fully saturated rings. The quantitative estimate of drug-likeness (QED) is 0.882. The van der Waals surface area contributed by atoms with E-state index in [1.807, 2.05) is 10.3 Å². The van der Waals surface area contributed by atoms with Gasteiger partial charge in [-0.25, -0.2) is 4.98 Å². The van der Waals surface area contributed by atoms with Gasteiger partial charge in [-0.3, -0.25) is 4.79 Å². The molecule has 2 heterocycles. The number of likely N-dealkylation sites (tertiary alicyclic amines) is 1. The van der Waals surface area contributed by atoms with Crippen molar-refractivity contribution in [3.63, 3.8) is 0 Å². The third-order valence-corrected chi connectivity index (χ3v) is 5.40. The Morgan fingerprint density at radius 2 is 1.96 bits per heavy atom. The number of carbonyl (C=O) groups is 1. The first-order valence-electron chi connectivity index (χ1n) is 8.24. The number of aryl methyl sites for hydroxylation is 1. The van der Waals surface area contributed by atoms with Crippen LogP contribution in [-0.2, 0) is 13.0 Å². The fourth-order valence-corrected chi connectivity index (χ4v) is 3.75. The smallest absolute Gasteiger partial charge is 0.273 e. The zero-order valence-electron chi connectivity index (χ0n) is 13.7. The van der Waals surface area contributed by atoms with Gasteiger partial charge in [-0.05, 0) is 37.2 Å². The molecule has 1 amide bonds. The Hall–Kier alpha value is -1.43. The molecular weight excluding hydrogens is 342 g/mol. The van der Waals surface area contributed by atoms with Crippen molar-refractivity contribution in [1.29, 1.82) is 0 Å². The maximum Gasteiger partial charge on any atom is 0.273 e. The van der Waals surface area contributed by atoms with E-state index in [0.29, 0.717) is 18.2 Å². The Morgan fingerprint density at radius 1 is 1.25 bits per heavy atom. The molecule has 1 aromatic heterocycles. The highest BCUT2D eigenvalue weighted by atomic mass is 35.5. The molecule has 0 bridgehead atoms. The molecule has 1 aliphatic rings. The molecule has 0 radical (unpaired) electrons. The molecular formula is C18H24ClN3OS. The van der Waals surface area contributed by atoms with Crippen LogP contribution in [0.4, 0.5) is 0 Å². The standard InChI is InChI=1S/C18H23N3OS.ClH/c19-12-17-20-16(13-23-17)18(22)21-10-8-15(9-11-21)7-6-14-4-2-1-3-5-14;/h1-5,13,15H,6-12,19H2;1H. The fraction of sp³-hybridized carbons (Fsp3) is 0.444. The van der Waals surface area contributed by atoms with Gasteiger partial charge in [-0.2, -0.15) is 0 Å². The van der Waals surface area contributed by atoms with Crippen LogP contribution < -0.4 is 5.73 Å². The second kappa shape index (κ2) is 9.16. The minimum atomic E-state index is 0. The molecule has 1 saturated heterocycles. The first-order valence-corrected chi connectivity index (χ1v) is 9.12. The lowest BCUT2D eigenvalue weighted by molar-refractivity contribution is 0.0681. The molecule has 0 saturated carbocycles. The number of rotatable bonds is 5. The van der Waals surface area contributed by atoms with Crippen LogP contribution >= 0.6 is 23.7 Å². The highest BCUT2D eigenvalue weighted by Crippen LogP contribution is 2.24. The number of hydrogen-bond acceptors (Lipinski definition) is 4. The Morgan fingerprint density at radius 3 is 2.58 bits per heavy atom. The van der Waals surface area contributed by atoms with Crippen molar-refractivity contribution in [3.05, 3.63) is 52.0 Å². The summed E-state index contributed by atoms with van der Waals surface area (Å²) in [5.74, 6) is 0.775. The maximum atomic E-state index is 12.4. The lowest BCUT2D eigenvalue weighted by Gasteiger charge is -2.31. The third kappa shape index (κ3) is 4.79. The van der Waals surface area contributed by atoms with Crippen molar-refractivity contribution in [1.82, 2.24) is 9.88 Å². The summed E-state index contributed by atoms with van der Waals surface area (Å²) in [5.41, 5.74) is 7.52. The number of piperidine rings is 1. The summed E-state index contributed by atoms with van der Waals surface area (Å²) in [6.45, 7) is 2.08. The number of amides is 1. The van der Waals surface area contributed by atoms with Gasteiger partial charge in [0, 0.05) is 25.0 Å². The summed E-state index contributed by atoms with van der Waals surface area (Å²) < 4.78 is 0. The third-order valence-electron chi connectivity index (χ3n) is 4.53. The van der Waals surface area contributed by atoms with Crippen molar-refractivity contribution in [3.8, 4) is 0 Å². The molecule has 1 aliphatic heterocycles. The van der Waals surface area contributed by atoms with Crippen molar-refractivity contribution in [2.45, 2.75) is 32.2 Å². The highest BCUT2D eigenvalue weighted by Gasteiger charge is 2.24. The average molecular weight is 366 g/mol. The molecule has 2 N–H and O–H groups in total. The highest BCUT2D eigenvalue weighted by molar-refractivity contribution is 7.09. The Labute approximate surface area is 153 Å². The molecule has 24 heavy (non-hydrogen) atoms. The summed E-state index contributed by atoms with van der Waals surface area (Å²) in [6.07, 6.45) is 4.52. The van der Waals surface area contributed by atoms with Crippen LogP contribution in [0.2, 0.25) is 0 Å². The number of halogens is 1. The molecule has 0 spiro atoms. The minimum Gasteiger partial charge on any atom is -0.337 e. The summed E-state index contributed by atoms with van der Waals surface area (Å²) in [5, 5.41) is 2.65. The minimum absolute atomic E-state index is 0. The van der Waals surface area contributed by atoms with Crippen LogP contribution in [-0.4, -0.2) is 28.9 Å². The summed E-state index contributed by atoms with van der Waals surface area (Å²) in [4.78, 5) is 18.7. The van der Waals surface area contributed by atoms with Crippen molar-refractivity contribution >= 4 is 29.7 Å². The predicted molar refractivity (Wildman–Crippen MR) is 101 cm³/mol. The first-order chi connectivity index (χ1) is 11.3. The normalized spacial score (nSPS) is 15.1. The van der Waals surface area contributed by atoms with E-state index in [-0.39, 0.29) is 18.3 Å². The van der Waals surface area contributed by atoms with Crippen LogP contribution in [0.15, 0.2) is 35.7 Å². The SMILES string of the molecule is Cl.NCc1nc(C(=O)N2CCC(CCc3ccccc3)CC2)cs1. The first kappa shape index (κ1) is 18.9. The van der Waals surface area contributed by atoms with E-state index in [1.165, 1.54) is 23.3 Å². The van der Waals surface area contributed by atoms with Gasteiger partial charge in [0.2, 0.25) is 0 Å². The van der Waals surface area contributed by atoms with Gasteiger partial charge in [-0.15, -0.1) is 23.7 Å². The number of nitrogens with two attached hydrogens (primary N) is 1. The number of aromatic nitrogens is 1. The van der Waals surface area contributed by atoms with Gasteiger partial charge in [-0.1, -0.05) is 30.3 Å². The Balaban J connectivity index is 0.00000208. The van der Waals surface area contributed by atoms with E-state index in [2.05, 4.69) is 35.3 Å². The van der Waals surface area contributed by atoms with Gasteiger partial charge in [0.05, 0.1) is 0 Å². The van der Waals surface area contributed by atoms with Gasteiger partial charge in [0.1, 0.15) is 10.7 Å². The van der Waals surface area contributed by atoms with Crippen LogP contribution in [0.5, 0.6) is 0 Å². The largest absolute Gasteiger partial charge is 0.337 e. The van der Waals surface area contributed by atoms with Gasteiger partial charge in [0.25, 0.3) is 5.91 Å². The zero-order chi connectivity index (χ0) is 16.1. The Kier molecular flexibility index (Phi) is 7.21. The molecule has 0 unspecified atom stereocenters.